The highest BCUT2D eigenvalue weighted by Gasteiger charge is 2.16. The summed E-state index contributed by atoms with van der Waals surface area (Å²) >= 11 is 0. The van der Waals surface area contributed by atoms with Gasteiger partial charge in [0.15, 0.2) is 29.1 Å². The summed E-state index contributed by atoms with van der Waals surface area (Å²) in [5.74, 6) is -6.88. The Labute approximate surface area is 93.3 Å². The van der Waals surface area contributed by atoms with E-state index in [9.17, 15) is 22.0 Å². The molecular formula is C12H4F5. The lowest BCUT2D eigenvalue weighted by Crippen LogP contribution is -1.95. The molecule has 0 unspecified atom stereocenters. The average Bonchev–Trinajstić information content (AvgIpc) is 2.30. The number of halogens is 5. The maximum absolute atomic E-state index is 13.3. The molecule has 0 fully saturated rings. The van der Waals surface area contributed by atoms with Crippen LogP contribution in [-0.4, -0.2) is 0 Å². The predicted octanol–water partition coefficient (Wildman–Crippen LogP) is 3.85. The van der Waals surface area contributed by atoms with E-state index < -0.39 is 34.6 Å². The van der Waals surface area contributed by atoms with Crippen LogP contribution in [0.15, 0.2) is 24.3 Å². The van der Waals surface area contributed by atoms with Crippen molar-refractivity contribution in [2.75, 3.05) is 0 Å². The Morgan fingerprint density at radius 3 is 2.12 bits per heavy atom. The highest BCUT2D eigenvalue weighted by atomic mass is 19.2. The lowest BCUT2D eigenvalue weighted by molar-refractivity contribution is 0.448. The molecule has 5 heteroatoms. The molecule has 0 amide bonds. The third-order valence-corrected chi connectivity index (χ3v) is 2.17. The first-order valence-electron chi connectivity index (χ1n) is 4.51. The zero-order valence-corrected chi connectivity index (χ0v) is 8.20. The quantitative estimate of drug-likeness (QED) is 0.527. The average molecular weight is 243 g/mol. The van der Waals surface area contributed by atoms with Gasteiger partial charge in [-0.1, -0.05) is 6.07 Å². The fourth-order valence-corrected chi connectivity index (χ4v) is 1.34. The Bertz CT molecular complexity index is 577. The SMILES string of the molecule is Fc1ccc(-c2[c]cc(F)c(F)c2F)cc1F. The van der Waals surface area contributed by atoms with Crippen molar-refractivity contribution in [3.05, 3.63) is 59.4 Å². The van der Waals surface area contributed by atoms with Gasteiger partial charge in [-0.25, -0.2) is 22.0 Å². The van der Waals surface area contributed by atoms with E-state index in [2.05, 4.69) is 6.07 Å². The van der Waals surface area contributed by atoms with Crippen LogP contribution in [0.3, 0.4) is 0 Å². The van der Waals surface area contributed by atoms with Crippen LogP contribution >= 0.6 is 0 Å². The van der Waals surface area contributed by atoms with Gasteiger partial charge in [-0.2, -0.15) is 0 Å². The normalized spacial score (nSPS) is 10.6. The second kappa shape index (κ2) is 4.16. The van der Waals surface area contributed by atoms with Crippen LogP contribution in [0.2, 0.25) is 0 Å². The standard InChI is InChI=1S/C12H4F5/c13-8-3-1-6(5-10(8)15)7-2-4-9(14)12(17)11(7)16/h1,3-5H. The lowest BCUT2D eigenvalue weighted by Gasteiger charge is -2.04. The Morgan fingerprint density at radius 2 is 1.47 bits per heavy atom. The maximum Gasteiger partial charge on any atom is 0.195 e. The molecule has 0 aromatic heterocycles. The molecule has 0 saturated carbocycles. The van der Waals surface area contributed by atoms with Crippen LogP contribution in [0.1, 0.15) is 0 Å². The fraction of sp³-hybridized carbons (Fsp3) is 0. The minimum atomic E-state index is -1.68. The zero-order chi connectivity index (χ0) is 12.6. The van der Waals surface area contributed by atoms with E-state index in [1.54, 1.807) is 0 Å². The van der Waals surface area contributed by atoms with Gasteiger partial charge < -0.3 is 0 Å². The van der Waals surface area contributed by atoms with Crippen molar-refractivity contribution in [2.24, 2.45) is 0 Å². The summed E-state index contributed by atoms with van der Waals surface area (Å²) in [6, 6.07) is 5.21. The number of rotatable bonds is 1. The van der Waals surface area contributed by atoms with Crippen molar-refractivity contribution in [2.45, 2.75) is 0 Å². The van der Waals surface area contributed by atoms with E-state index >= 15 is 0 Å². The molecule has 0 saturated heterocycles. The molecule has 17 heavy (non-hydrogen) atoms. The van der Waals surface area contributed by atoms with Crippen molar-refractivity contribution < 1.29 is 22.0 Å². The van der Waals surface area contributed by atoms with E-state index in [1.165, 1.54) is 0 Å². The predicted molar refractivity (Wildman–Crippen MR) is 50.5 cm³/mol. The van der Waals surface area contributed by atoms with Crippen LogP contribution in [0.4, 0.5) is 22.0 Å². The van der Waals surface area contributed by atoms with E-state index in [-0.39, 0.29) is 5.56 Å². The van der Waals surface area contributed by atoms with Crippen LogP contribution < -0.4 is 0 Å². The number of benzene rings is 2. The summed E-state index contributed by atoms with van der Waals surface area (Å²) in [6.07, 6.45) is 0. The van der Waals surface area contributed by atoms with E-state index in [0.717, 1.165) is 12.1 Å². The first kappa shape index (κ1) is 11.6. The molecule has 2 aromatic rings. The highest BCUT2D eigenvalue weighted by molar-refractivity contribution is 5.63. The number of hydrogen-bond donors (Lipinski definition) is 0. The summed E-state index contributed by atoms with van der Waals surface area (Å²) in [5.41, 5.74) is -0.580. The zero-order valence-electron chi connectivity index (χ0n) is 8.20. The summed E-state index contributed by atoms with van der Waals surface area (Å²) in [5, 5.41) is 0. The van der Waals surface area contributed by atoms with E-state index in [1.807, 2.05) is 0 Å². The molecule has 2 rings (SSSR count). The van der Waals surface area contributed by atoms with Gasteiger partial charge in [-0.3, -0.25) is 0 Å². The molecular weight excluding hydrogens is 239 g/mol. The molecule has 2 aromatic carbocycles. The first-order valence-corrected chi connectivity index (χ1v) is 4.51. The van der Waals surface area contributed by atoms with Crippen molar-refractivity contribution >= 4 is 0 Å². The maximum atomic E-state index is 13.3. The van der Waals surface area contributed by atoms with Gasteiger partial charge in [0.25, 0.3) is 0 Å². The van der Waals surface area contributed by atoms with Crippen molar-refractivity contribution in [1.82, 2.24) is 0 Å². The molecule has 0 aliphatic carbocycles. The summed E-state index contributed by atoms with van der Waals surface area (Å²) in [4.78, 5) is 0. The molecule has 0 heterocycles. The van der Waals surface area contributed by atoms with Crippen LogP contribution in [0.5, 0.6) is 0 Å². The smallest absolute Gasteiger partial charge is 0.195 e. The lowest BCUT2D eigenvalue weighted by atomic mass is 10.0. The Balaban J connectivity index is 2.61. The molecule has 0 nitrogen and oxygen atoms in total. The molecule has 0 atom stereocenters. The fourth-order valence-electron chi connectivity index (χ4n) is 1.34. The molecule has 0 bridgehead atoms. The molecule has 0 aliphatic heterocycles. The Kier molecular flexibility index (Phi) is 2.83. The second-order valence-corrected chi connectivity index (χ2v) is 3.27. The van der Waals surface area contributed by atoms with Crippen molar-refractivity contribution in [3.8, 4) is 11.1 Å². The van der Waals surface area contributed by atoms with Crippen LogP contribution in [-0.2, 0) is 0 Å². The van der Waals surface area contributed by atoms with Crippen molar-refractivity contribution in [3.63, 3.8) is 0 Å². The minimum absolute atomic E-state index is 0.125. The van der Waals surface area contributed by atoms with Crippen LogP contribution in [0, 0.1) is 35.2 Å². The number of hydrogen-bond acceptors (Lipinski definition) is 0. The Hall–Kier alpha value is -1.91. The largest absolute Gasteiger partial charge is 0.204 e. The third kappa shape index (κ3) is 2.00. The third-order valence-electron chi connectivity index (χ3n) is 2.17. The van der Waals surface area contributed by atoms with Gasteiger partial charge in [0, 0.05) is 5.56 Å². The van der Waals surface area contributed by atoms with Gasteiger partial charge in [0.2, 0.25) is 0 Å². The van der Waals surface area contributed by atoms with Crippen LogP contribution in [0.25, 0.3) is 11.1 Å². The van der Waals surface area contributed by atoms with Gasteiger partial charge in [0.1, 0.15) is 0 Å². The van der Waals surface area contributed by atoms with E-state index in [4.69, 9.17) is 0 Å². The van der Waals surface area contributed by atoms with Gasteiger partial charge in [-0.05, 0) is 29.8 Å². The monoisotopic (exact) mass is 243 g/mol. The van der Waals surface area contributed by atoms with Gasteiger partial charge >= 0.3 is 0 Å². The van der Waals surface area contributed by atoms with Gasteiger partial charge in [-0.15, -0.1) is 0 Å². The highest BCUT2D eigenvalue weighted by Crippen LogP contribution is 2.26. The first-order chi connectivity index (χ1) is 8.00. The molecule has 0 spiro atoms. The summed E-state index contributed by atoms with van der Waals surface area (Å²) in [6.45, 7) is 0. The van der Waals surface area contributed by atoms with Gasteiger partial charge in [0.05, 0.1) is 0 Å². The van der Waals surface area contributed by atoms with E-state index in [0.29, 0.717) is 12.1 Å². The molecule has 0 aliphatic rings. The van der Waals surface area contributed by atoms with Crippen molar-refractivity contribution in [1.29, 1.82) is 0 Å². The Morgan fingerprint density at radius 1 is 0.765 bits per heavy atom. The molecule has 0 N–H and O–H groups in total. The molecule has 1 radical (unpaired) electrons. The summed E-state index contributed by atoms with van der Waals surface area (Å²) in [7, 11) is 0. The topological polar surface area (TPSA) is 0 Å². The second-order valence-electron chi connectivity index (χ2n) is 3.27. The molecule has 87 valence electrons. The minimum Gasteiger partial charge on any atom is -0.204 e. The summed E-state index contributed by atoms with van der Waals surface area (Å²) < 4.78 is 64.4.